The fraction of sp³-hybridized carbons (Fsp3) is 0.433. The van der Waals surface area contributed by atoms with Crippen LogP contribution < -0.4 is 10.5 Å². The summed E-state index contributed by atoms with van der Waals surface area (Å²) in [7, 11) is -3.78. The summed E-state index contributed by atoms with van der Waals surface area (Å²) >= 11 is 0. The number of rotatable bonds is 19. The number of unbranched alkanes of at least 4 members (excludes halogenated alkanes) is 1. The minimum atomic E-state index is -3.78. The molecule has 0 aliphatic carbocycles. The number of anilines is 1. The first-order chi connectivity index (χ1) is 20.9. The molecule has 2 aromatic carbocycles. The molecule has 4 aromatic rings. The monoisotopic (exact) mass is 613 g/mol. The molecule has 0 spiro atoms. The number of nitrogen functional groups attached to an aromatic ring is 1. The van der Waals surface area contributed by atoms with Crippen LogP contribution in [0.3, 0.4) is 0 Å². The molecule has 0 radical (unpaired) electrons. The van der Waals surface area contributed by atoms with Crippen molar-refractivity contribution in [2.45, 2.75) is 38.1 Å². The quantitative estimate of drug-likeness (QED) is 0.121. The molecule has 232 valence electrons. The zero-order valence-electron chi connectivity index (χ0n) is 24.6. The molecular formula is C30H39N5O7S. The van der Waals surface area contributed by atoms with E-state index in [1.165, 1.54) is 18.5 Å². The summed E-state index contributed by atoms with van der Waals surface area (Å²) in [6, 6.07) is 14.1. The normalized spacial score (nSPS) is 11.8. The highest BCUT2D eigenvalue weighted by Crippen LogP contribution is 2.31. The van der Waals surface area contributed by atoms with Crippen molar-refractivity contribution in [1.29, 1.82) is 0 Å². The first kappa shape index (κ1) is 32.3. The fourth-order valence-electron chi connectivity index (χ4n) is 4.14. The molecule has 0 saturated heterocycles. The molecule has 0 fully saturated rings. The fourth-order valence-corrected chi connectivity index (χ4v) is 5.03. The smallest absolute Gasteiger partial charge is 0.297 e. The van der Waals surface area contributed by atoms with E-state index < -0.39 is 10.1 Å². The maximum absolute atomic E-state index is 12.1. The average Bonchev–Trinajstić information content (AvgIpc) is 3.38. The van der Waals surface area contributed by atoms with Crippen molar-refractivity contribution in [3.8, 4) is 17.0 Å². The Bertz CT molecular complexity index is 1530. The van der Waals surface area contributed by atoms with Crippen LogP contribution in [0.1, 0.15) is 25.3 Å². The van der Waals surface area contributed by atoms with Crippen LogP contribution in [0.25, 0.3) is 22.3 Å². The van der Waals surface area contributed by atoms with E-state index in [0.29, 0.717) is 45.5 Å². The van der Waals surface area contributed by atoms with Gasteiger partial charge in [-0.15, -0.1) is 0 Å². The van der Waals surface area contributed by atoms with Crippen LogP contribution in [-0.4, -0.2) is 81.0 Å². The van der Waals surface area contributed by atoms with Crippen molar-refractivity contribution in [3.05, 3.63) is 60.4 Å². The van der Waals surface area contributed by atoms with Gasteiger partial charge in [-0.2, -0.15) is 13.5 Å². The highest BCUT2D eigenvalue weighted by molar-refractivity contribution is 7.86. The van der Waals surface area contributed by atoms with E-state index in [1.807, 2.05) is 35.9 Å². The van der Waals surface area contributed by atoms with Crippen LogP contribution in [0.4, 0.5) is 5.82 Å². The lowest BCUT2D eigenvalue weighted by atomic mass is 10.1. The van der Waals surface area contributed by atoms with Gasteiger partial charge in [0.05, 0.1) is 56.5 Å². The topological polar surface area (TPSA) is 150 Å². The van der Waals surface area contributed by atoms with E-state index in [-0.39, 0.29) is 18.1 Å². The number of hydrogen-bond donors (Lipinski definition) is 1. The average molecular weight is 614 g/mol. The van der Waals surface area contributed by atoms with Crippen molar-refractivity contribution in [2.75, 3.05) is 58.6 Å². The van der Waals surface area contributed by atoms with Crippen LogP contribution in [0, 0.1) is 6.92 Å². The zero-order chi connectivity index (χ0) is 30.5. The first-order valence-corrected chi connectivity index (χ1v) is 15.7. The summed E-state index contributed by atoms with van der Waals surface area (Å²) in [4.78, 5) is 8.69. The molecule has 0 saturated carbocycles. The van der Waals surface area contributed by atoms with Gasteiger partial charge in [0.2, 0.25) is 0 Å². The van der Waals surface area contributed by atoms with E-state index in [0.717, 1.165) is 53.0 Å². The minimum Gasteiger partial charge on any atom is -0.491 e. The van der Waals surface area contributed by atoms with E-state index >= 15 is 0 Å². The summed E-state index contributed by atoms with van der Waals surface area (Å²) < 4.78 is 53.3. The summed E-state index contributed by atoms with van der Waals surface area (Å²) in [6.45, 7) is 7.17. The molecule has 2 heterocycles. The third kappa shape index (κ3) is 9.43. The Morgan fingerprint density at radius 3 is 2.09 bits per heavy atom. The molecule has 0 bridgehead atoms. The molecule has 0 amide bonds. The van der Waals surface area contributed by atoms with Gasteiger partial charge in [-0.05, 0) is 49.7 Å². The molecule has 0 atom stereocenters. The first-order valence-electron chi connectivity index (χ1n) is 14.3. The van der Waals surface area contributed by atoms with Crippen LogP contribution in [-0.2, 0) is 35.1 Å². The van der Waals surface area contributed by atoms with Gasteiger partial charge in [0.25, 0.3) is 10.1 Å². The maximum Gasteiger partial charge on any atom is 0.297 e. The van der Waals surface area contributed by atoms with Crippen molar-refractivity contribution < 1.29 is 31.5 Å². The van der Waals surface area contributed by atoms with Gasteiger partial charge in [-0.3, -0.25) is 4.18 Å². The second-order valence-corrected chi connectivity index (χ2v) is 11.3. The van der Waals surface area contributed by atoms with Gasteiger partial charge in [0.1, 0.15) is 30.2 Å². The molecule has 0 aliphatic rings. The van der Waals surface area contributed by atoms with Crippen LogP contribution in [0.5, 0.6) is 5.75 Å². The Morgan fingerprint density at radius 2 is 1.44 bits per heavy atom. The Labute approximate surface area is 252 Å². The zero-order valence-corrected chi connectivity index (χ0v) is 25.4. The summed E-state index contributed by atoms with van der Waals surface area (Å²) in [6.07, 6.45) is 3.52. The molecule has 0 aliphatic heterocycles. The van der Waals surface area contributed by atoms with E-state index in [1.54, 1.807) is 12.1 Å². The third-order valence-electron chi connectivity index (χ3n) is 6.43. The largest absolute Gasteiger partial charge is 0.491 e. The highest BCUT2D eigenvalue weighted by Gasteiger charge is 2.17. The molecule has 13 heteroatoms. The number of fused-ring (bicyclic) bond motifs is 1. The minimum absolute atomic E-state index is 0.0635. The standard InChI is InChI=1S/C30H39N5O7S/c1-3-4-13-35-30-27(29(31)32-22-33-30)28(34-35)24-7-9-25(10-8-24)41-20-18-39-16-14-38-15-17-40-19-21-42-43(36,37)26-11-5-23(2)6-12-26/h5-12,22H,3-4,13-21H2,1-2H3,(H2,31,32,33). The Balaban J connectivity index is 1.06. The second-order valence-electron chi connectivity index (χ2n) is 9.68. The lowest BCUT2D eigenvalue weighted by Crippen LogP contribution is -2.15. The number of benzene rings is 2. The molecule has 2 N–H and O–H groups in total. The Morgan fingerprint density at radius 1 is 0.814 bits per heavy atom. The molecular weight excluding hydrogens is 574 g/mol. The van der Waals surface area contributed by atoms with Crippen molar-refractivity contribution in [2.24, 2.45) is 0 Å². The van der Waals surface area contributed by atoms with Gasteiger partial charge in [-0.1, -0.05) is 31.0 Å². The van der Waals surface area contributed by atoms with E-state index in [2.05, 4.69) is 16.9 Å². The summed E-state index contributed by atoms with van der Waals surface area (Å²) in [5.41, 5.74) is 9.55. The number of ether oxygens (including phenoxy) is 4. The van der Waals surface area contributed by atoms with Gasteiger partial charge >= 0.3 is 0 Å². The van der Waals surface area contributed by atoms with Crippen molar-refractivity contribution in [1.82, 2.24) is 19.7 Å². The number of nitrogens with zero attached hydrogens (tertiary/aromatic N) is 4. The lowest BCUT2D eigenvalue weighted by molar-refractivity contribution is 0.00528. The molecule has 12 nitrogen and oxygen atoms in total. The predicted molar refractivity (Wildman–Crippen MR) is 162 cm³/mol. The number of nitrogens with two attached hydrogens (primary N) is 1. The Kier molecular flexibility index (Phi) is 12.2. The second kappa shape index (κ2) is 16.3. The highest BCUT2D eigenvalue weighted by atomic mass is 32.2. The predicted octanol–water partition coefficient (Wildman–Crippen LogP) is 4.02. The third-order valence-corrected chi connectivity index (χ3v) is 7.75. The number of hydrogen-bond acceptors (Lipinski definition) is 11. The molecule has 2 aromatic heterocycles. The lowest BCUT2D eigenvalue weighted by Gasteiger charge is -2.09. The summed E-state index contributed by atoms with van der Waals surface area (Å²) in [5, 5.41) is 5.53. The van der Waals surface area contributed by atoms with Crippen LogP contribution in [0.2, 0.25) is 0 Å². The van der Waals surface area contributed by atoms with Gasteiger partial charge in [-0.25, -0.2) is 14.6 Å². The van der Waals surface area contributed by atoms with Crippen LogP contribution in [0.15, 0.2) is 59.8 Å². The van der Waals surface area contributed by atoms with E-state index in [4.69, 9.17) is 34.0 Å². The number of aromatic nitrogens is 4. The van der Waals surface area contributed by atoms with Crippen molar-refractivity contribution >= 4 is 27.0 Å². The Hall–Kier alpha value is -3.62. The number of aryl methyl sites for hydroxylation is 2. The van der Waals surface area contributed by atoms with E-state index in [9.17, 15) is 8.42 Å². The molecule has 0 unspecified atom stereocenters. The van der Waals surface area contributed by atoms with Crippen molar-refractivity contribution in [3.63, 3.8) is 0 Å². The van der Waals surface area contributed by atoms with Gasteiger partial charge < -0.3 is 24.7 Å². The van der Waals surface area contributed by atoms with Gasteiger partial charge in [0.15, 0.2) is 5.65 Å². The molecule has 4 rings (SSSR count). The summed E-state index contributed by atoms with van der Waals surface area (Å²) in [5.74, 6) is 1.13. The van der Waals surface area contributed by atoms with Gasteiger partial charge in [0, 0.05) is 12.1 Å². The van der Waals surface area contributed by atoms with Crippen LogP contribution >= 0.6 is 0 Å². The SMILES string of the molecule is CCCCn1nc(-c2ccc(OCCOCCOCCOCCOS(=O)(=O)c3ccc(C)cc3)cc2)c2c(N)ncnc21. The maximum atomic E-state index is 12.1. The molecule has 43 heavy (non-hydrogen) atoms.